The summed E-state index contributed by atoms with van der Waals surface area (Å²) in [5, 5.41) is 12.1. The molecule has 0 atom stereocenters. The third-order valence-electron chi connectivity index (χ3n) is 11.0. The Morgan fingerprint density at radius 1 is 0.264 bits per heavy atom. The van der Waals surface area contributed by atoms with Crippen LogP contribution in [-0.2, 0) is 0 Å². The molecule has 0 aliphatic rings. The number of rotatable bonds is 4. The zero-order chi connectivity index (χ0) is 34.9. The molecule has 0 saturated heterocycles. The van der Waals surface area contributed by atoms with Crippen LogP contribution in [0.3, 0.4) is 0 Å². The number of hydrogen-bond acceptors (Lipinski definition) is 1. The Morgan fingerprint density at radius 3 is 1.36 bits per heavy atom. The first-order chi connectivity index (χ1) is 26.3. The minimum absolute atomic E-state index is 0.906. The highest BCUT2D eigenvalue weighted by Gasteiger charge is 2.22. The first-order valence-corrected chi connectivity index (χ1v) is 18.3. The molecule has 11 aromatic rings. The first-order valence-electron chi connectivity index (χ1n) is 18.3. The third kappa shape index (κ3) is 4.64. The van der Waals surface area contributed by atoms with E-state index in [1.165, 1.54) is 76.5 Å². The molecule has 0 N–H and O–H groups in total. The van der Waals surface area contributed by atoms with Gasteiger partial charge in [0.15, 0.2) is 0 Å². The fraction of sp³-hybridized carbons (Fsp3) is 0. The minimum Gasteiger partial charge on any atom is -0.455 e. The monoisotopic (exact) mass is 672 g/mol. The second kappa shape index (κ2) is 11.8. The van der Waals surface area contributed by atoms with Crippen molar-refractivity contribution in [2.45, 2.75) is 0 Å². The van der Waals surface area contributed by atoms with Gasteiger partial charge in [-0.2, -0.15) is 0 Å². The summed E-state index contributed by atoms with van der Waals surface area (Å²) in [6.07, 6.45) is 0. The summed E-state index contributed by atoms with van der Waals surface area (Å²) < 4.78 is 6.77. The zero-order valence-electron chi connectivity index (χ0n) is 28.9. The number of fused-ring (bicyclic) bond motifs is 7. The molecule has 10 aromatic carbocycles. The van der Waals surface area contributed by atoms with E-state index in [0.29, 0.717) is 0 Å². The predicted molar refractivity (Wildman–Crippen MR) is 225 cm³/mol. The van der Waals surface area contributed by atoms with Crippen molar-refractivity contribution < 1.29 is 4.42 Å². The first kappa shape index (κ1) is 29.7. The van der Waals surface area contributed by atoms with Crippen molar-refractivity contribution in [2.75, 3.05) is 0 Å². The fourth-order valence-electron chi connectivity index (χ4n) is 8.66. The van der Waals surface area contributed by atoms with Crippen LogP contribution >= 0.6 is 0 Å². The van der Waals surface area contributed by atoms with Crippen molar-refractivity contribution in [3.8, 4) is 44.5 Å². The fourth-order valence-corrected chi connectivity index (χ4v) is 8.66. The van der Waals surface area contributed by atoms with E-state index in [1.807, 2.05) is 0 Å². The quantitative estimate of drug-likeness (QED) is 0.170. The molecule has 11 rings (SSSR count). The van der Waals surface area contributed by atoms with Crippen LogP contribution in [0.15, 0.2) is 199 Å². The molecule has 0 radical (unpaired) electrons. The lowest BCUT2D eigenvalue weighted by Crippen LogP contribution is -1.93. The van der Waals surface area contributed by atoms with Gasteiger partial charge in [-0.1, -0.05) is 170 Å². The summed E-state index contributed by atoms with van der Waals surface area (Å²) in [5.41, 5.74) is 11.4. The van der Waals surface area contributed by atoms with Gasteiger partial charge >= 0.3 is 0 Å². The Morgan fingerprint density at radius 2 is 0.736 bits per heavy atom. The molecule has 1 nitrogen and oxygen atoms in total. The van der Waals surface area contributed by atoms with Gasteiger partial charge in [0, 0.05) is 16.3 Å². The highest BCUT2D eigenvalue weighted by Crippen LogP contribution is 2.48. The molecule has 0 saturated carbocycles. The summed E-state index contributed by atoms with van der Waals surface area (Å²) >= 11 is 0. The second-order valence-corrected chi connectivity index (χ2v) is 14.0. The molecule has 1 aromatic heterocycles. The van der Waals surface area contributed by atoms with E-state index < -0.39 is 0 Å². The minimum atomic E-state index is 0.906. The Kier molecular flexibility index (Phi) is 6.62. The molecule has 53 heavy (non-hydrogen) atoms. The van der Waals surface area contributed by atoms with Crippen LogP contribution in [0.25, 0.3) is 110 Å². The van der Waals surface area contributed by atoms with Gasteiger partial charge in [0.2, 0.25) is 0 Å². The molecule has 0 fully saturated rings. The molecule has 1 heterocycles. The van der Waals surface area contributed by atoms with Gasteiger partial charge in [-0.25, -0.2) is 0 Å². The summed E-state index contributed by atoms with van der Waals surface area (Å²) in [7, 11) is 0. The highest BCUT2D eigenvalue weighted by atomic mass is 16.3. The number of benzene rings is 10. The van der Waals surface area contributed by atoms with E-state index in [4.69, 9.17) is 4.42 Å². The number of furan rings is 1. The van der Waals surface area contributed by atoms with Crippen LogP contribution in [0.1, 0.15) is 0 Å². The van der Waals surface area contributed by atoms with Crippen molar-refractivity contribution >= 4 is 65.0 Å². The molecular weight excluding hydrogens is 641 g/mol. The average Bonchev–Trinajstić information content (AvgIpc) is 3.59. The van der Waals surface area contributed by atoms with E-state index in [2.05, 4.69) is 194 Å². The van der Waals surface area contributed by atoms with Gasteiger partial charge < -0.3 is 4.42 Å². The van der Waals surface area contributed by atoms with Crippen molar-refractivity contribution in [2.24, 2.45) is 0 Å². The van der Waals surface area contributed by atoms with Crippen LogP contribution in [0.5, 0.6) is 0 Å². The topological polar surface area (TPSA) is 13.1 Å². The molecule has 0 spiro atoms. The van der Waals surface area contributed by atoms with Gasteiger partial charge in [-0.3, -0.25) is 0 Å². The molecule has 0 amide bonds. The van der Waals surface area contributed by atoms with Crippen LogP contribution < -0.4 is 0 Å². The van der Waals surface area contributed by atoms with Gasteiger partial charge in [-0.15, -0.1) is 0 Å². The Hall–Kier alpha value is -6.96. The SMILES string of the molecule is c1ccc(-c2ccc(-c3c4ccccc4c(-c4cc(-c5ccccc5)c5oc6cc7ccccc7cc6c5c4)c4ccccc34)c3ccccc23)cc1. The van der Waals surface area contributed by atoms with E-state index >= 15 is 0 Å². The molecule has 0 bridgehead atoms. The molecule has 1 heteroatoms. The second-order valence-electron chi connectivity index (χ2n) is 14.0. The van der Waals surface area contributed by atoms with E-state index in [9.17, 15) is 0 Å². The number of hydrogen-bond donors (Lipinski definition) is 0. The summed E-state index contributed by atoms with van der Waals surface area (Å²) in [5.74, 6) is 0. The van der Waals surface area contributed by atoms with Gasteiger partial charge in [0.1, 0.15) is 11.2 Å². The molecule has 0 aliphatic carbocycles. The standard InChI is InChI=1S/C52H32O/c1-3-15-33(16-4-1)38-27-28-45(40-22-10-9-21-39(38)40)51-43-25-13-11-23-41(43)50(42-24-12-14-26-44(42)51)37-30-46(34-17-5-2-6-18-34)52-48(31-37)47-29-35-19-7-8-20-36(35)32-49(47)53-52/h1-32H. The summed E-state index contributed by atoms with van der Waals surface area (Å²) in [4.78, 5) is 0. The molecule has 0 unspecified atom stereocenters. The smallest absolute Gasteiger partial charge is 0.143 e. The lowest BCUT2D eigenvalue weighted by atomic mass is 9.83. The lowest BCUT2D eigenvalue weighted by molar-refractivity contribution is 0.670. The summed E-state index contributed by atoms with van der Waals surface area (Å²) in [6, 6.07) is 70.5. The van der Waals surface area contributed by atoms with Crippen LogP contribution in [0, 0.1) is 0 Å². The lowest BCUT2D eigenvalue weighted by Gasteiger charge is -2.20. The molecular formula is C52H32O. The van der Waals surface area contributed by atoms with Gasteiger partial charge in [-0.05, 0) is 106 Å². The largest absolute Gasteiger partial charge is 0.455 e. The van der Waals surface area contributed by atoms with Crippen molar-refractivity contribution in [3.63, 3.8) is 0 Å². The normalized spacial score (nSPS) is 11.8. The molecule has 246 valence electrons. The van der Waals surface area contributed by atoms with Crippen LogP contribution in [0.2, 0.25) is 0 Å². The van der Waals surface area contributed by atoms with Crippen molar-refractivity contribution in [3.05, 3.63) is 194 Å². The highest BCUT2D eigenvalue weighted by molar-refractivity contribution is 6.25. The third-order valence-corrected chi connectivity index (χ3v) is 11.0. The Balaban J connectivity index is 1.24. The van der Waals surface area contributed by atoms with Gasteiger partial charge in [0.25, 0.3) is 0 Å². The average molecular weight is 673 g/mol. The zero-order valence-corrected chi connectivity index (χ0v) is 28.9. The van der Waals surface area contributed by atoms with Gasteiger partial charge in [0.05, 0.1) is 0 Å². The van der Waals surface area contributed by atoms with E-state index in [1.54, 1.807) is 0 Å². The van der Waals surface area contributed by atoms with Crippen molar-refractivity contribution in [1.82, 2.24) is 0 Å². The van der Waals surface area contributed by atoms with E-state index in [0.717, 1.165) is 33.1 Å². The maximum absolute atomic E-state index is 6.77. The Bertz CT molecular complexity index is 3150. The Labute approximate surface area is 307 Å². The summed E-state index contributed by atoms with van der Waals surface area (Å²) in [6.45, 7) is 0. The van der Waals surface area contributed by atoms with Crippen LogP contribution in [0.4, 0.5) is 0 Å². The maximum Gasteiger partial charge on any atom is 0.143 e. The van der Waals surface area contributed by atoms with E-state index in [-0.39, 0.29) is 0 Å². The van der Waals surface area contributed by atoms with Crippen molar-refractivity contribution in [1.29, 1.82) is 0 Å². The predicted octanol–water partition coefficient (Wildman–Crippen LogP) is 14.9. The maximum atomic E-state index is 6.77. The molecule has 0 aliphatic heterocycles. The van der Waals surface area contributed by atoms with Crippen LogP contribution in [-0.4, -0.2) is 0 Å².